The molecule has 0 bridgehead atoms. The average Bonchev–Trinajstić information content (AvgIpc) is 2.40. The zero-order valence-electron chi connectivity index (χ0n) is 15.1. The Morgan fingerprint density at radius 2 is 1.96 bits per heavy atom. The van der Waals surface area contributed by atoms with Crippen molar-refractivity contribution in [2.75, 3.05) is 13.1 Å². The Hall–Kier alpha value is -1.57. The highest BCUT2D eigenvalue weighted by molar-refractivity contribution is 5.89. The number of carbonyl (C=O) groups is 2. The lowest BCUT2D eigenvalue weighted by Crippen LogP contribution is -2.60. The van der Waals surface area contributed by atoms with Gasteiger partial charge < -0.3 is 9.64 Å². The van der Waals surface area contributed by atoms with Crippen molar-refractivity contribution in [1.29, 1.82) is 5.26 Å². The number of hydrogen-bond acceptors (Lipinski definition) is 4. The summed E-state index contributed by atoms with van der Waals surface area (Å²) in [6.45, 7) is 12.7. The van der Waals surface area contributed by atoms with Crippen LogP contribution >= 0.6 is 0 Å². The van der Waals surface area contributed by atoms with Crippen molar-refractivity contribution < 1.29 is 14.3 Å². The van der Waals surface area contributed by atoms with Crippen molar-refractivity contribution in [2.24, 2.45) is 22.7 Å². The summed E-state index contributed by atoms with van der Waals surface area (Å²) in [5.74, 6) is -0.344. The summed E-state index contributed by atoms with van der Waals surface area (Å²) >= 11 is 0. The van der Waals surface area contributed by atoms with Crippen LogP contribution in [0.25, 0.3) is 0 Å². The molecule has 1 amide bonds. The maximum atomic E-state index is 12.6. The van der Waals surface area contributed by atoms with Crippen LogP contribution in [0.2, 0.25) is 0 Å². The van der Waals surface area contributed by atoms with Gasteiger partial charge in [0.15, 0.2) is 5.78 Å². The Morgan fingerprint density at radius 1 is 1.35 bits per heavy atom. The minimum atomic E-state index is -0.579. The molecule has 1 aliphatic carbocycles. The summed E-state index contributed by atoms with van der Waals surface area (Å²) < 4.78 is 5.48. The SMILES string of the molecule is CC(C)(C)OC(=O)N1CC[C@@H]2C(C)(C)C(=O)C(C#N)C[C@@]2(C)C1. The minimum Gasteiger partial charge on any atom is -0.444 e. The van der Waals surface area contributed by atoms with E-state index in [4.69, 9.17) is 4.74 Å². The minimum absolute atomic E-state index is 0.0493. The van der Waals surface area contributed by atoms with Crippen LogP contribution in [-0.4, -0.2) is 35.5 Å². The van der Waals surface area contributed by atoms with Crippen LogP contribution in [0.4, 0.5) is 4.79 Å². The number of hydrogen-bond donors (Lipinski definition) is 0. The van der Waals surface area contributed by atoms with Gasteiger partial charge in [0.25, 0.3) is 0 Å². The summed E-state index contributed by atoms with van der Waals surface area (Å²) in [5, 5.41) is 9.35. The van der Waals surface area contributed by atoms with Gasteiger partial charge in [-0.25, -0.2) is 4.79 Å². The molecule has 1 heterocycles. The maximum Gasteiger partial charge on any atom is 0.410 e. The summed E-state index contributed by atoms with van der Waals surface area (Å²) in [6, 6.07) is 2.17. The molecule has 0 radical (unpaired) electrons. The highest BCUT2D eigenvalue weighted by Gasteiger charge is 2.57. The molecule has 0 aromatic heterocycles. The highest BCUT2D eigenvalue weighted by Crippen LogP contribution is 2.54. The molecule has 3 atom stereocenters. The predicted molar refractivity (Wildman–Crippen MR) is 86.5 cm³/mol. The second kappa shape index (κ2) is 5.51. The number of carbonyl (C=O) groups excluding carboxylic acids is 2. The zero-order valence-corrected chi connectivity index (χ0v) is 15.1. The van der Waals surface area contributed by atoms with Gasteiger partial charge in [-0.2, -0.15) is 5.26 Å². The van der Waals surface area contributed by atoms with Crippen LogP contribution in [0.1, 0.15) is 54.4 Å². The number of amides is 1. The maximum absolute atomic E-state index is 12.6. The van der Waals surface area contributed by atoms with Gasteiger partial charge in [0, 0.05) is 18.5 Å². The molecule has 23 heavy (non-hydrogen) atoms. The van der Waals surface area contributed by atoms with Gasteiger partial charge in [-0.05, 0) is 44.9 Å². The second-order valence-corrected chi connectivity index (χ2v) is 8.87. The number of fused-ring (bicyclic) bond motifs is 1. The number of likely N-dealkylation sites (tertiary alicyclic amines) is 1. The fourth-order valence-corrected chi connectivity index (χ4v) is 4.46. The monoisotopic (exact) mass is 320 g/mol. The molecule has 2 rings (SSSR count). The fourth-order valence-electron chi connectivity index (χ4n) is 4.46. The quantitative estimate of drug-likeness (QED) is 0.686. The molecule has 5 heteroatoms. The van der Waals surface area contributed by atoms with Crippen molar-refractivity contribution in [2.45, 2.75) is 60.0 Å². The molecular formula is C18H28N2O3. The fraction of sp³-hybridized carbons (Fsp3) is 0.833. The first-order valence-corrected chi connectivity index (χ1v) is 8.32. The molecule has 5 nitrogen and oxygen atoms in total. The van der Waals surface area contributed by atoms with Gasteiger partial charge in [0.2, 0.25) is 0 Å². The molecule has 2 aliphatic rings. The summed E-state index contributed by atoms with van der Waals surface area (Å²) in [5.41, 5.74) is -1.27. The largest absolute Gasteiger partial charge is 0.444 e. The third kappa shape index (κ3) is 3.22. The first-order valence-electron chi connectivity index (χ1n) is 8.32. The topological polar surface area (TPSA) is 70.4 Å². The van der Waals surface area contributed by atoms with Crippen molar-refractivity contribution in [3.63, 3.8) is 0 Å². The van der Waals surface area contributed by atoms with Gasteiger partial charge in [0.05, 0.1) is 6.07 Å². The Balaban J connectivity index is 2.23. The van der Waals surface area contributed by atoms with Crippen molar-refractivity contribution in [3.05, 3.63) is 0 Å². The van der Waals surface area contributed by atoms with Gasteiger partial charge in [0.1, 0.15) is 11.5 Å². The van der Waals surface area contributed by atoms with E-state index in [1.807, 2.05) is 34.6 Å². The normalized spacial score (nSPS) is 33.6. The standard InChI is InChI=1S/C18H28N2O3/c1-16(2,3)23-15(22)20-8-7-13-17(4,5)14(21)12(10-19)9-18(13,6)11-20/h12-13H,7-9,11H2,1-6H3/t12?,13-,18+/m1/s1. The summed E-state index contributed by atoms with van der Waals surface area (Å²) in [4.78, 5) is 26.7. The van der Waals surface area contributed by atoms with Gasteiger partial charge >= 0.3 is 6.09 Å². The molecule has 1 aliphatic heterocycles. The molecule has 0 aromatic carbocycles. The number of ketones is 1. The van der Waals surface area contributed by atoms with Crippen LogP contribution in [0.3, 0.4) is 0 Å². The Bertz CT molecular complexity index is 556. The third-order valence-electron chi connectivity index (χ3n) is 5.38. The predicted octanol–water partition coefficient (Wildman–Crippen LogP) is 3.39. The molecule has 1 saturated carbocycles. The van der Waals surface area contributed by atoms with E-state index in [0.29, 0.717) is 19.5 Å². The van der Waals surface area contributed by atoms with E-state index in [9.17, 15) is 14.9 Å². The van der Waals surface area contributed by atoms with Crippen molar-refractivity contribution in [3.8, 4) is 6.07 Å². The van der Waals surface area contributed by atoms with Crippen molar-refractivity contribution in [1.82, 2.24) is 4.90 Å². The van der Waals surface area contributed by atoms with Gasteiger partial charge in [-0.3, -0.25) is 4.79 Å². The van der Waals surface area contributed by atoms with E-state index in [2.05, 4.69) is 13.0 Å². The van der Waals surface area contributed by atoms with Crippen molar-refractivity contribution >= 4 is 11.9 Å². The van der Waals surface area contributed by atoms with Crippen LogP contribution in [0, 0.1) is 34.0 Å². The summed E-state index contributed by atoms with van der Waals surface area (Å²) in [7, 11) is 0. The van der Waals surface area contributed by atoms with Gasteiger partial charge in [-0.15, -0.1) is 0 Å². The Labute approximate surface area is 139 Å². The number of rotatable bonds is 0. The number of nitriles is 1. The average molecular weight is 320 g/mol. The van der Waals surface area contributed by atoms with E-state index in [1.54, 1.807) is 4.90 Å². The molecule has 0 N–H and O–H groups in total. The molecule has 0 aromatic rings. The zero-order chi connectivity index (χ0) is 17.6. The number of Topliss-reactive ketones (excluding diaryl/α,β-unsaturated/α-hetero) is 1. The summed E-state index contributed by atoms with van der Waals surface area (Å²) in [6.07, 6.45) is 0.989. The first-order chi connectivity index (χ1) is 10.4. The molecule has 1 saturated heterocycles. The number of nitrogens with zero attached hydrogens (tertiary/aromatic N) is 2. The Morgan fingerprint density at radius 3 is 2.48 bits per heavy atom. The van der Waals surface area contributed by atoms with Crippen LogP contribution in [0.15, 0.2) is 0 Å². The smallest absolute Gasteiger partial charge is 0.410 e. The van der Waals surface area contributed by atoms with Crippen LogP contribution in [-0.2, 0) is 9.53 Å². The molecule has 1 unspecified atom stereocenters. The molecule has 128 valence electrons. The number of piperidine rings is 1. The van der Waals surface area contributed by atoms with E-state index in [1.165, 1.54) is 0 Å². The lowest BCUT2D eigenvalue weighted by molar-refractivity contribution is -0.149. The number of ether oxygens (including phenoxy) is 1. The third-order valence-corrected chi connectivity index (χ3v) is 5.38. The second-order valence-electron chi connectivity index (χ2n) is 8.87. The Kier molecular flexibility index (Phi) is 4.26. The molecular weight excluding hydrogens is 292 g/mol. The van der Waals surface area contributed by atoms with Gasteiger partial charge in [-0.1, -0.05) is 20.8 Å². The van der Waals surface area contributed by atoms with Crippen LogP contribution in [0.5, 0.6) is 0 Å². The highest BCUT2D eigenvalue weighted by atomic mass is 16.6. The van der Waals surface area contributed by atoms with E-state index in [0.717, 1.165) is 6.42 Å². The lowest BCUT2D eigenvalue weighted by Gasteiger charge is -2.55. The van der Waals surface area contributed by atoms with E-state index in [-0.39, 0.29) is 23.2 Å². The van der Waals surface area contributed by atoms with Crippen LogP contribution < -0.4 is 0 Å². The van der Waals surface area contributed by atoms with E-state index < -0.39 is 16.9 Å². The molecule has 0 spiro atoms. The molecule has 2 fully saturated rings. The lowest BCUT2D eigenvalue weighted by atomic mass is 9.51. The van der Waals surface area contributed by atoms with E-state index >= 15 is 0 Å². The first kappa shape index (κ1) is 17.8.